The van der Waals surface area contributed by atoms with Crippen LogP contribution in [0.1, 0.15) is 44.5 Å². The molecule has 0 heterocycles. The summed E-state index contributed by atoms with van der Waals surface area (Å²) in [5.74, 6) is 4.17. The van der Waals surface area contributed by atoms with Gasteiger partial charge in [-0.05, 0) is 80.9 Å². The SMILES string of the molecule is c1ccc(CNCc2cc(OCc3cc(OCc4ccccc4)cc(OCc4ccccc4)c3)cc(OCc3cc(OCc4ccccc4)cc(OCc4ccccc4)c3)c2)cc1. The second-order valence-electron chi connectivity index (χ2n) is 15.2. The quantitative estimate of drug-likeness (QED) is 0.0729. The van der Waals surface area contributed by atoms with Gasteiger partial charge in [-0.3, -0.25) is 0 Å². The summed E-state index contributed by atoms with van der Waals surface area (Å²) in [6.07, 6.45) is 0. The molecule has 316 valence electrons. The van der Waals surface area contributed by atoms with E-state index in [2.05, 4.69) is 90.2 Å². The molecule has 0 aliphatic carbocycles. The molecule has 0 atom stereocenters. The Morgan fingerprint density at radius 3 is 0.730 bits per heavy atom. The van der Waals surface area contributed by atoms with Crippen molar-refractivity contribution in [3.63, 3.8) is 0 Å². The van der Waals surface area contributed by atoms with Crippen LogP contribution in [-0.4, -0.2) is 0 Å². The first kappa shape index (κ1) is 42.2. The van der Waals surface area contributed by atoms with E-state index in [1.807, 2.05) is 121 Å². The Balaban J connectivity index is 1.00. The highest BCUT2D eigenvalue weighted by Gasteiger charge is 2.11. The van der Waals surface area contributed by atoms with Crippen molar-refractivity contribution in [2.75, 3.05) is 0 Å². The zero-order valence-corrected chi connectivity index (χ0v) is 35.2. The van der Waals surface area contributed by atoms with Gasteiger partial charge in [-0.2, -0.15) is 0 Å². The molecule has 8 rings (SSSR count). The lowest BCUT2D eigenvalue weighted by molar-refractivity contribution is 0.275. The molecule has 0 aliphatic heterocycles. The maximum absolute atomic E-state index is 6.55. The summed E-state index contributed by atoms with van der Waals surface area (Å²) in [7, 11) is 0. The molecule has 8 aromatic rings. The molecular weight excluding hydrogens is 783 g/mol. The minimum absolute atomic E-state index is 0.285. The standard InChI is InChI=1S/C56H51NO6/c1-6-16-43(17-7-1)35-57-36-48-26-51(62-41-49-28-53(58-37-44-18-8-2-9-19-44)33-54(29-49)59-38-45-20-10-3-11-21-45)32-52(27-48)63-42-50-30-55(60-39-46-22-12-4-13-23-46)34-56(31-50)61-40-47-24-14-5-15-25-47/h1-34,57H,35-42H2. The fourth-order valence-electron chi connectivity index (χ4n) is 6.90. The molecular formula is C56H51NO6. The fourth-order valence-corrected chi connectivity index (χ4v) is 6.90. The van der Waals surface area contributed by atoms with Gasteiger partial charge in [0, 0.05) is 31.3 Å². The van der Waals surface area contributed by atoms with Crippen LogP contribution in [0.3, 0.4) is 0 Å². The van der Waals surface area contributed by atoms with Gasteiger partial charge < -0.3 is 33.7 Å². The highest BCUT2D eigenvalue weighted by molar-refractivity contribution is 5.42. The maximum Gasteiger partial charge on any atom is 0.123 e. The molecule has 0 aromatic heterocycles. The predicted molar refractivity (Wildman–Crippen MR) is 248 cm³/mol. The van der Waals surface area contributed by atoms with Crippen LogP contribution in [0.15, 0.2) is 206 Å². The lowest BCUT2D eigenvalue weighted by Crippen LogP contribution is -2.13. The van der Waals surface area contributed by atoms with Crippen LogP contribution in [0.25, 0.3) is 0 Å². The van der Waals surface area contributed by atoms with Crippen molar-refractivity contribution in [2.45, 2.75) is 52.7 Å². The van der Waals surface area contributed by atoms with E-state index >= 15 is 0 Å². The summed E-state index contributed by atoms with van der Waals surface area (Å²) in [5.41, 5.74) is 8.38. The summed E-state index contributed by atoms with van der Waals surface area (Å²) in [6.45, 7) is 3.65. The molecule has 1 N–H and O–H groups in total. The summed E-state index contributed by atoms with van der Waals surface area (Å²) < 4.78 is 38.2. The predicted octanol–water partition coefficient (Wildman–Crippen LogP) is 12.5. The Bertz CT molecular complexity index is 2310. The first-order chi connectivity index (χ1) is 31.1. The normalized spacial score (nSPS) is 10.8. The van der Waals surface area contributed by atoms with E-state index in [0.29, 0.717) is 67.5 Å². The van der Waals surface area contributed by atoms with Gasteiger partial charge in [-0.25, -0.2) is 0 Å². The molecule has 0 saturated carbocycles. The number of rotatable bonds is 22. The zero-order chi connectivity index (χ0) is 42.7. The number of benzene rings is 8. The smallest absolute Gasteiger partial charge is 0.123 e. The molecule has 0 spiro atoms. The highest BCUT2D eigenvalue weighted by Crippen LogP contribution is 2.30. The Hall–Kier alpha value is -7.48. The van der Waals surface area contributed by atoms with Crippen LogP contribution in [0.4, 0.5) is 0 Å². The summed E-state index contributed by atoms with van der Waals surface area (Å²) in [6, 6.07) is 68.8. The number of ether oxygens (including phenoxy) is 6. The fraction of sp³-hybridized carbons (Fsp3) is 0.143. The lowest BCUT2D eigenvalue weighted by atomic mass is 10.1. The van der Waals surface area contributed by atoms with Crippen molar-refractivity contribution in [1.29, 1.82) is 0 Å². The van der Waals surface area contributed by atoms with Crippen LogP contribution in [0.5, 0.6) is 34.5 Å². The zero-order valence-electron chi connectivity index (χ0n) is 35.2. The van der Waals surface area contributed by atoms with Gasteiger partial charge in [0.05, 0.1) is 0 Å². The third kappa shape index (κ3) is 13.8. The minimum Gasteiger partial charge on any atom is -0.489 e. The molecule has 7 heteroatoms. The van der Waals surface area contributed by atoms with Gasteiger partial charge in [-0.1, -0.05) is 152 Å². The summed E-state index contributed by atoms with van der Waals surface area (Å²) in [5, 5.41) is 3.58. The van der Waals surface area contributed by atoms with Gasteiger partial charge in [0.25, 0.3) is 0 Å². The van der Waals surface area contributed by atoms with E-state index in [1.54, 1.807) is 0 Å². The number of nitrogens with one attached hydrogen (secondary N) is 1. The van der Waals surface area contributed by atoms with Crippen LogP contribution < -0.4 is 33.7 Å². The maximum atomic E-state index is 6.55. The summed E-state index contributed by atoms with van der Waals surface area (Å²) in [4.78, 5) is 0. The van der Waals surface area contributed by atoms with E-state index in [0.717, 1.165) is 45.5 Å². The van der Waals surface area contributed by atoms with E-state index in [1.165, 1.54) is 5.56 Å². The molecule has 0 fully saturated rings. The van der Waals surface area contributed by atoms with E-state index < -0.39 is 0 Å². The largest absolute Gasteiger partial charge is 0.489 e. The van der Waals surface area contributed by atoms with Crippen molar-refractivity contribution in [3.8, 4) is 34.5 Å². The van der Waals surface area contributed by atoms with Crippen molar-refractivity contribution in [3.05, 3.63) is 251 Å². The minimum atomic E-state index is 0.285. The van der Waals surface area contributed by atoms with Gasteiger partial charge in [-0.15, -0.1) is 0 Å². The molecule has 0 unspecified atom stereocenters. The molecule has 0 saturated heterocycles. The second kappa shape index (κ2) is 22.4. The van der Waals surface area contributed by atoms with Gasteiger partial charge in [0.2, 0.25) is 0 Å². The van der Waals surface area contributed by atoms with Crippen molar-refractivity contribution >= 4 is 0 Å². The monoisotopic (exact) mass is 833 g/mol. The average molecular weight is 834 g/mol. The first-order valence-electron chi connectivity index (χ1n) is 21.2. The van der Waals surface area contributed by atoms with Crippen molar-refractivity contribution < 1.29 is 28.4 Å². The Kier molecular flexibility index (Phi) is 15.0. The third-order valence-corrected chi connectivity index (χ3v) is 10.1. The van der Waals surface area contributed by atoms with Crippen molar-refractivity contribution in [2.24, 2.45) is 0 Å². The van der Waals surface area contributed by atoms with Gasteiger partial charge in [0.1, 0.15) is 74.1 Å². The van der Waals surface area contributed by atoms with Gasteiger partial charge >= 0.3 is 0 Å². The second-order valence-corrected chi connectivity index (χ2v) is 15.2. The van der Waals surface area contributed by atoms with Gasteiger partial charge in [0.15, 0.2) is 0 Å². The van der Waals surface area contributed by atoms with Crippen molar-refractivity contribution in [1.82, 2.24) is 5.32 Å². The molecule has 63 heavy (non-hydrogen) atoms. The summed E-state index contributed by atoms with van der Waals surface area (Å²) >= 11 is 0. The Labute approximate surface area is 370 Å². The molecule has 0 aliphatic rings. The van der Waals surface area contributed by atoms with E-state index in [4.69, 9.17) is 28.4 Å². The van der Waals surface area contributed by atoms with Crippen LogP contribution in [0.2, 0.25) is 0 Å². The molecule has 0 amide bonds. The highest BCUT2D eigenvalue weighted by atomic mass is 16.5. The molecule has 0 bridgehead atoms. The third-order valence-electron chi connectivity index (χ3n) is 10.1. The lowest BCUT2D eigenvalue weighted by Gasteiger charge is -2.16. The van der Waals surface area contributed by atoms with Crippen LogP contribution in [-0.2, 0) is 52.7 Å². The first-order valence-corrected chi connectivity index (χ1v) is 21.2. The van der Waals surface area contributed by atoms with Crippen LogP contribution in [0, 0.1) is 0 Å². The number of hydrogen-bond donors (Lipinski definition) is 1. The molecule has 0 radical (unpaired) electrons. The number of hydrogen-bond acceptors (Lipinski definition) is 7. The Morgan fingerprint density at radius 2 is 0.444 bits per heavy atom. The van der Waals surface area contributed by atoms with E-state index in [-0.39, 0.29) is 13.2 Å². The topological polar surface area (TPSA) is 67.4 Å². The van der Waals surface area contributed by atoms with E-state index in [9.17, 15) is 0 Å². The molecule has 8 aromatic carbocycles. The van der Waals surface area contributed by atoms with Crippen LogP contribution >= 0.6 is 0 Å². The Morgan fingerprint density at radius 1 is 0.222 bits per heavy atom. The molecule has 7 nitrogen and oxygen atoms in total. The average Bonchev–Trinajstić information content (AvgIpc) is 3.34.